The first kappa shape index (κ1) is 11.4. The van der Waals surface area contributed by atoms with Crippen LogP contribution in [0.25, 0.3) is 11.3 Å². The predicted octanol–water partition coefficient (Wildman–Crippen LogP) is 4.29. The molecule has 0 spiro atoms. The molecule has 1 N–H and O–H groups in total. The van der Waals surface area contributed by atoms with Gasteiger partial charge < -0.3 is 5.32 Å². The Bertz CT molecular complexity index is 450. The maximum absolute atomic E-state index is 5.84. The number of halogens is 1. The molecule has 0 bridgehead atoms. The van der Waals surface area contributed by atoms with Crippen molar-refractivity contribution in [1.82, 2.24) is 4.98 Å². The van der Waals surface area contributed by atoms with Gasteiger partial charge in [-0.1, -0.05) is 30.7 Å². The van der Waals surface area contributed by atoms with E-state index in [1.54, 1.807) is 11.3 Å². The van der Waals surface area contributed by atoms with Gasteiger partial charge in [-0.25, -0.2) is 4.98 Å². The van der Waals surface area contributed by atoms with Crippen molar-refractivity contribution >= 4 is 28.1 Å². The topological polar surface area (TPSA) is 24.9 Å². The fraction of sp³-hybridized carbons (Fsp3) is 0.250. The Morgan fingerprint density at radius 2 is 2.06 bits per heavy atom. The molecule has 0 aliphatic heterocycles. The molecule has 0 radical (unpaired) electrons. The molecule has 1 aromatic carbocycles. The van der Waals surface area contributed by atoms with Crippen molar-refractivity contribution in [1.29, 1.82) is 0 Å². The SMILES string of the molecule is CCCNc1nc(-c2ccc(Cl)cc2)cs1. The van der Waals surface area contributed by atoms with Gasteiger partial charge in [0.15, 0.2) is 5.13 Å². The molecule has 2 aromatic rings. The maximum Gasteiger partial charge on any atom is 0.183 e. The standard InChI is InChI=1S/C12H13ClN2S/c1-2-7-14-12-15-11(8-16-12)9-3-5-10(13)6-4-9/h3-6,8H,2,7H2,1H3,(H,14,15). The van der Waals surface area contributed by atoms with Crippen molar-refractivity contribution < 1.29 is 0 Å². The van der Waals surface area contributed by atoms with Crippen molar-refractivity contribution in [2.24, 2.45) is 0 Å². The summed E-state index contributed by atoms with van der Waals surface area (Å²) in [7, 11) is 0. The van der Waals surface area contributed by atoms with E-state index in [2.05, 4.69) is 22.6 Å². The first-order valence-electron chi connectivity index (χ1n) is 5.25. The van der Waals surface area contributed by atoms with Crippen molar-refractivity contribution in [3.8, 4) is 11.3 Å². The van der Waals surface area contributed by atoms with E-state index in [1.807, 2.05) is 24.3 Å². The van der Waals surface area contributed by atoms with Crippen LogP contribution in [0, 0.1) is 0 Å². The van der Waals surface area contributed by atoms with Gasteiger partial charge >= 0.3 is 0 Å². The predicted molar refractivity (Wildman–Crippen MR) is 71.3 cm³/mol. The van der Waals surface area contributed by atoms with E-state index in [0.29, 0.717) is 0 Å². The minimum atomic E-state index is 0.753. The highest BCUT2D eigenvalue weighted by Gasteiger charge is 2.03. The lowest BCUT2D eigenvalue weighted by Crippen LogP contribution is -1.98. The van der Waals surface area contributed by atoms with Gasteiger partial charge in [-0.05, 0) is 18.6 Å². The molecule has 1 heterocycles. The number of thiazole rings is 1. The fourth-order valence-corrected chi connectivity index (χ4v) is 2.21. The van der Waals surface area contributed by atoms with Crippen LogP contribution in [-0.4, -0.2) is 11.5 Å². The highest BCUT2D eigenvalue weighted by atomic mass is 35.5. The first-order chi connectivity index (χ1) is 7.79. The quantitative estimate of drug-likeness (QED) is 0.878. The van der Waals surface area contributed by atoms with E-state index < -0.39 is 0 Å². The van der Waals surface area contributed by atoms with E-state index in [0.717, 1.165) is 34.4 Å². The molecule has 0 aliphatic carbocycles. The largest absolute Gasteiger partial charge is 0.362 e. The number of hydrogen-bond acceptors (Lipinski definition) is 3. The first-order valence-corrected chi connectivity index (χ1v) is 6.50. The van der Waals surface area contributed by atoms with Crippen LogP contribution in [0.15, 0.2) is 29.6 Å². The van der Waals surface area contributed by atoms with Gasteiger partial charge in [-0.3, -0.25) is 0 Å². The van der Waals surface area contributed by atoms with Crippen LogP contribution in [0.5, 0.6) is 0 Å². The van der Waals surface area contributed by atoms with Crippen LogP contribution in [0.2, 0.25) is 5.02 Å². The summed E-state index contributed by atoms with van der Waals surface area (Å²) >= 11 is 7.48. The van der Waals surface area contributed by atoms with Gasteiger partial charge in [-0.15, -0.1) is 11.3 Å². The molecule has 0 saturated carbocycles. The number of rotatable bonds is 4. The molecular weight excluding hydrogens is 240 g/mol. The molecule has 0 saturated heterocycles. The van der Waals surface area contributed by atoms with E-state index in [4.69, 9.17) is 11.6 Å². The average Bonchev–Trinajstić information content (AvgIpc) is 2.76. The van der Waals surface area contributed by atoms with Crippen LogP contribution in [0.3, 0.4) is 0 Å². The highest BCUT2D eigenvalue weighted by Crippen LogP contribution is 2.25. The second-order valence-electron chi connectivity index (χ2n) is 3.47. The van der Waals surface area contributed by atoms with Gasteiger partial charge in [0.05, 0.1) is 5.69 Å². The van der Waals surface area contributed by atoms with Crippen molar-refractivity contribution in [3.63, 3.8) is 0 Å². The molecular formula is C12H13ClN2S. The second-order valence-corrected chi connectivity index (χ2v) is 4.77. The Kier molecular flexibility index (Phi) is 3.80. The van der Waals surface area contributed by atoms with Gasteiger partial charge in [0, 0.05) is 22.5 Å². The molecule has 4 heteroatoms. The highest BCUT2D eigenvalue weighted by molar-refractivity contribution is 7.14. The summed E-state index contributed by atoms with van der Waals surface area (Å²) in [5, 5.41) is 7.07. The third-order valence-electron chi connectivity index (χ3n) is 2.17. The lowest BCUT2D eigenvalue weighted by Gasteiger charge is -1.98. The van der Waals surface area contributed by atoms with E-state index in [-0.39, 0.29) is 0 Å². The Hall–Kier alpha value is -1.06. The number of nitrogens with one attached hydrogen (secondary N) is 1. The smallest absolute Gasteiger partial charge is 0.183 e. The van der Waals surface area contributed by atoms with Crippen LogP contribution in [0.1, 0.15) is 13.3 Å². The molecule has 0 aliphatic rings. The summed E-state index contributed by atoms with van der Waals surface area (Å²) in [5.74, 6) is 0. The molecule has 2 rings (SSSR count). The minimum absolute atomic E-state index is 0.753. The van der Waals surface area contributed by atoms with Gasteiger partial charge in [0.25, 0.3) is 0 Å². The molecule has 0 unspecified atom stereocenters. The number of hydrogen-bond donors (Lipinski definition) is 1. The summed E-state index contributed by atoms with van der Waals surface area (Å²) in [6.07, 6.45) is 1.11. The van der Waals surface area contributed by atoms with Crippen LogP contribution < -0.4 is 5.32 Å². The van der Waals surface area contributed by atoms with Crippen LogP contribution in [0.4, 0.5) is 5.13 Å². The zero-order valence-corrected chi connectivity index (χ0v) is 10.6. The Morgan fingerprint density at radius 1 is 1.31 bits per heavy atom. The van der Waals surface area contributed by atoms with E-state index >= 15 is 0 Å². The summed E-state index contributed by atoms with van der Waals surface area (Å²) in [6, 6.07) is 7.74. The van der Waals surface area contributed by atoms with Gasteiger partial charge in [-0.2, -0.15) is 0 Å². The van der Waals surface area contributed by atoms with Crippen molar-refractivity contribution in [2.45, 2.75) is 13.3 Å². The molecule has 0 fully saturated rings. The number of anilines is 1. The Balaban J connectivity index is 2.15. The molecule has 2 nitrogen and oxygen atoms in total. The summed E-state index contributed by atoms with van der Waals surface area (Å²) in [5.41, 5.74) is 2.10. The lowest BCUT2D eigenvalue weighted by molar-refractivity contribution is 0.976. The average molecular weight is 253 g/mol. The normalized spacial score (nSPS) is 10.4. The third kappa shape index (κ3) is 2.74. The second kappa shape index (κ2) is 5.32. The zero-order valence-electron chi connectivity index (χ0n) is 9.03. The van der Waals surface area contributed by atoms with Crippen LogP contribution >= 0.6 is 22.9 Å². The summed E-state index contributed by atoms with van der Waals surface area (Å²) in [6.45, 7) is 3.11. The molecule has 84 valence electrons. The zero-order chi connectivity index (χ0) is 11.4. The van der Waals surface area contributed by atoms with E-state index in [1.165, 1.54) is 0 Å². The van der Waals surface area contributed by atoms with E-state index in [9.17, 15) is 0 Å². The molecule has 0 atom stereocenters. The van der Waals surface area contributed by atoms with Crippen molar-refractivity contribution in [2.75, 3.05) is 11.9 Å². The molecule has 16 heavy (non-hydrogen) atoms. The monoisotopic (exact) mass is 252 g/mol. The third-order valence-corrected chi connectivity index (χ3v) is 3.22. The van der Waals surface area contributed by atoms with Crippen molar-refractivity contribution in [3.05, 3.63) is 34.7 Å². The Morgan fingerprint density at radius 3 is 2.75 bits per heavy atom. The maximum atomic E-state index is 5.84. The number of aromatic nitrogens is 1. The minimum Gasteiger partial charge on any atom is -0.362 e. The molecule has 0 amide bonds. The molecule has 1 aromatic heterocycles. The van der Waals surface area contributed by atoms with Gasteiger partial charge in [0.2, 0.25) is 0 Å². The number of nitrogens with zero attached hydrogens (tertiary/aromatic N) is 1. The summed E-state index contributed by atoms with van der Waals surface area (Å²) < 4.78 is 0. The van der Waals surface area contributed by atoms with Gasteiger partial charge in [0.1, 0.15) is 0 Å². The Labute approximate surface area is 104 Å². The fourth-order valence-electron chi connectivity index (χ4n) is 1.34. The number of benzene rings is 1. The van der Waals surface area contributed by atoms with Crippen LogP contribution in [-0.2, 0) is 0 Å². The lowest BCUT2D eigenvalue weighted by atomic mass is 10.2. The summed E-state index contributed by atoms with van der Waals surface area (Å²) in [4.78, 5) is 4.51.